The summed E-state index contributed by atoms with van der Waals surface area (Å²) in [6.45, 7) is 22.0. The van der Waals surface area contributed by atoms with Gasteiger partial charge in [-0.05, 0) is 45.2 Å². The van der Waals surface area contributed by atoms with Crippen molar-refractivity contribution in [1.82, 2.24) is 0 Å². The number of carbonyl (C=O) groups is 1. The van der Waals surface area contributed by atoms with Gasteiger partial charge in [0.15, 0.2) is 16.6 Å². The topological polar surface area (TPSA) is 44.8 Å². The first-order valence-corrected chi connectivity index (χ1v) is 16.0. The van der Waals surface area contributed by atoms with E-state index in [-0.39, 0.29) is 0 Å². The molecule has 0 saturated heterocycles. The van der Waals surface area contributed by atoms with E-state index in [0.29, 0.717) is 13.0 Å². The first-order valence-electron chi connectivity index (χ1n) is 7.46. The van der Waals surface area contributed by atoms with Gasteiger partial charge in [0.05, 0.1) is 6.61 Å². The van der Waals surface area contributed by atoms with Gasteiger partial charge in [-0.25, -0.2) is 4.79 Å². The van der Waals surface area contributed by atoms with Crippen molar-refractivity contribution in [3.8, 4) is 0 Å². The molecule has 0 aromatic heterocycles. The Kier molecular flexibility index (Phi) is 8.48. The first-order chi connectivity index (χ1) is 9.99. The molecule has 0 aliphatic heterocycles. The van der Waals surface area contributed by atoms with E-state index in [4.69, 9.17) is 13.0 Å². The molecule has 0 atom stereocenters. The predicted molar refractivity (Wildman–Crippen MR) is 99.7 cm³/mol. The van der Waals surface area contributed by atoms with E-state index in [9.17, 15) is 4.79 Å². The Bertz CT molecular complexity index is 397. The van der Waals surface area contributed by atoms with Crippen LogP contribution in [0.15, 0.2) is 37.2 Å². The quantitative estimate of drug-likeness (QED) is 0.242. The molecule has 0 aromatic rings. The van der Waals surface area contributed by atoms with Crippen LogP contribution in [0.1, 0.15) is 6.42 Å². The minimum atomic E-state index is -2.38. The van der Waals surface area contributed by atoms with Gasteiger partial charge in [-0.1, -0.05) is 18.0 Å². The summed E-state index contributed by atoms with van der Waals surface area (Å²) in [5.74, 6) is -0.396. The molecule has 0 heterocycles. The van der Waals surface area contributed by atoms with Crippen molar-refractivity contribution in [2.45, 2.75) is 45.2 Å². The summed E-state index contributed by atoms with van der Waals surface area (Å²) in [7, 11) is -6.28. The van der Waals surface area contributed by atoms with E-state index in [0.717, 1.165) is 6.04 Å². The van der Waals surface area contributed by atoms with Gasteiger partial charge in [-0.3, -0.25) is 0 Å². The van der Waals surface area contributed by atoms with Crippen molar-refractivity contribution in [2.24, 2.45) is 0 Å². The molecule has 0 rings (SSSR count). The molecule has 126 valence electrons. The van der Waals surface area contributed by atoms with Crippen molar-refractivity contribution < 1.29 is 17.8 Å². The molecule has 0 radical (unpaired) electrons. The van der Waals surface area contributed by atoms with Gasteiger partial charge in [0.1, 0.15) is 0 Å². The molecule has 4 nitrogen and oxygen atoms in total. The smallest absolute Gasteiger partial charge is 0.330 e. The van der Waals surface area contributed by atoms with Crippen molar-refractivity contribution in [2.75, 3.05) is 6.61 Å². The minimum absolute atomic E-state index is 0.353. The molecule has 7 heteroatoms. The molecule has 0 N–H and O–H groups in total. The van der Waals surface area contributed by atoms with Crippen LogP contribution in [0.5, 0.6) is 0 Å². The normalized spacial score (nSPS) is 12.6. The molecular weight excluding hydrogens is 328 g/mol. The van der Waals surface area contributed by atoms with E-state index >= 15 is 0 Å². The Balaban J connectivity index is 4.85. The Morgan fingerprint density at radius 1 is 0.955 bits per heavy atom. The fraction of sp³-hybridized carbons (Fsp3) is 0.533. The van der Waals surface area contributed by atoms with Crippen LogP contribution >= 0.6 is 0 Å². The third-order valence-corrected chi connectivity index (χ3v) is 14.0. The van der Waals surface area contributed by atoms with E-state index in [1.165, 1.54) is 6.08 Å². The van der Waals surface area contributed by atoms with Gasteiger partial charge >= 0.3 is 14.5 Å². The van der Waals surface area contributed by atoms with E-state index in [2.05, 4.69) is 52.5 Å². The fourth-order valence-corrected chi connectivity index (χ4v) is 13.7. The van der Waals surface area contributed by atoms with Crippen LogP contribution < -0.4 is 0 Å². The Labute approximate surface area is 138 Å². The summed E-state index contributed by atoms with van der Waals surface area (Å²) in [6, 6.07) is 0.770. The number of hydrogen-bond donors (Lipinski definition) is 0. The van der Waals surface area contributed by atoms with Crippen LogP contribution in [0.4, 0.5) is 0 Å². The fourth-order valence-electron chi connectivity index (χ4n) is 1.94. The van der Waals surface area contributed by atoms with Gasteiger partial charge in [0.2, 0.25) is 0 Å². The second-order valence-electron chi connectivity index (χ2n) is 6.43. The van der Waals surface area contributed by atoms with Gasteiger partial charge in [0.25, 0.3) is 0 Å². The Hall–Kier alpha value is -0.739. The molecule has 0 bridgehead atoms. The van der Waals surface area contributed by atoms with Crippen LogP contribution in [-0.2, 0) is 17.8 Å². The molecule has 0 amide bonds. The summed E-state index contributed by atoms with van der Waals surface area (Å²) < 4.78 is 17.9. The van der Waals surface area contributed by atoms with Gasteiger partial charge < -0.3 is 13.0 Å². The highest BCUT2D eigenvalue weighted by molar-refractivity contribution is 6.91. The van der Waals surface area contributed by atoms with Crippen molar-refractivity contribution in [3.05, 3.63) is 37.2 Å². The standard InChI is InChI=1S/C15H30O4Si3/c1-9-15(16)17-13-12-14-22(8,18-20(4,5)10-2)19-21(6,7)11-3/h9-11H,1-3,12-14H2,4-8H3. The SMILES string of the molecule is C=CC(=O)OCCC[Si](C)(O[Si](C)(C)C=C)O[Si](C)(C)C=C. The average Bonchev–Trinajstić information content (AvgIpc) is 2.42. The Morgan fingerprint density at radius 3 is 1.77 bits per heavy atom. The summed E-state index contributed by atoms with van der Waals surface area (Å²) >= 11 is 0. The van der Waals surface area contributed by atoms with Crippen molar-refractivity contribution in [1.29, 1.82) is 0 Å². The van der Waals surface area contributed by atoms with E-state index < -0.39 is 31.2 Å². The van der Waals surface area contributed by atoms with Crippen LogP contribution in [0.25, 0.3) is 0 Å². The van der Waals surface area contributed by atoms with Crippen LogP contribution in [-0.4, -0.2) is 37.8 Å². The molecule has 0 spiro atoms. The highest BCUT2D eigenvalue weighted by atomic mass is 28.5. The third-order valence-electron chi connectivity index (χ3n) is 3.13. The van der Waals surface area contributed by atoms with Gasteiger partial charge in [0, 0.05) is 6.08 Å². The lowest BCUT2D eigenvalue weighted by Gasteiger charge is -2.38. The maximum Gasteiger partial charge on any atom is 0.330 e. The average molecular weight is 359 g/mol. The molecule has 0 aliphatic carbocycles. The molecule has 22 heavy (non-hydrogen) atoms. The maximum absolute atomic E-state index is 11.1. The first kappa shape index (κ1) is 21.3. The van der Waals surface area contributed by atoms with Crippen LogP contribution in [0.2, 0.25) is 38.8 Å². The van der Waals surface area contributed by atoms with E-state index in [1.54, 1.807) is 0 Å². The highest BCUT2D eigenvalue weighted by Gasteiger charge is 2.41. The monoisotopic (exact) mass is 358 g/mol. The lowest BCUT2D eigenvalue weighted by atomic mass is 10.5. The highest BCUT2D eigenvalue weighted by Crippen LogP contribution is 2.26. The molecular formula is C15H30O4Si3. The van der Waals surface area contributed by atoms with E-state index in [1.807, 2.05) is 11.4 Å². The second kappa shape index (κ2) is 8.78. The molecule has 0 fully saturated rings. The molecule has 0 unspecified atom stereocenters. The summed E-state index contributed by atoms with van der Waals surface area (Å²) in [6.07, 6.45) is 1.89. The number of carbonyl (C=O) groups excluding carboxylic acids is 1. The largest absolute Gasteiger partial charge is 0.463 e. The zero-order valence-electron chi connectivity index (χ0n) is 14.6. The second-order valence-corrected chi connectivity index (χ2v) is 18.1. The van der Waals surface area contributed by atoms with Crippen molar-refractivity contribution >= 4 is 31.2 Å². The Morgan fingerprint density at radius 2 is 1.41 bits per heavy atom. The van der Waals surface area contributed by atoms with Crippen LogP contribution in [0, 0.1) is 0 Å². The maximum atomic E-state index is 11.1. The number of rotatable bonds is 11. The third kappa shape index (κ3) is 8.64. The molecule has 0 aromatic carbocycles. The summed E-state index contributed by atoms with van der Waals surface area (Å²) in [5, 5.41) is 0. The number of esters is 1. The van der Waals surface area contributed by atoms with Gasteiger partial charge in [-0.15, -0.1) is 13.2 Å². The van der Waals surface area contributed by atoms with Gasteiger partial charge in [-0.2, -0.15) is 0 Å². The summed E-state index contributed by atoms with van der Waals surface area (Å²) in [4.78, 5) is 11.1. The van der Waals surface area contributed by atoms with Crippen LogP contribution in [0.3, 0.4) is 0 Å². The minimum Gasteiger partial charge on any atom is -0.463 e. The number of ether oxygens (including phenoxy) is 1. The molecule has 0 aliphatic rings. The summed E-state index contributed by atoms with van der Waals surface area (Å²) in [5.41, 5.74) is 3.84. The predicted octanol–water partition coefficient (Wildman–Crippen LogP) is 4.07. The number of hydrogen-bond acceptors (Lipinski definition) is 4. The lowest BCUT2D eigenvalue weighted by Crippen LogP contribution is -2.53. The molecule has 0 saturated carbocycles. The lowest BCUT2D eigenvalue weighted by molar-refractivity contribution is -0.137. The van der Waals surface area contributed by atoms with Crippen molar-refractivity contribution in [3.63, 3.8) is 0 Å². The zero-order chi connectivity index (χ0) is 17.4. The zero-order valence-corrected chi connectivity index (χ0v) is 17.6.